The standard InChI is InChI=1S/C16H14FN5O2/c1-10-14-7-12(8-18-15(14)21(2)20-10)19-16(24)22(9-23)13-5-3-11(17)4-6-13/h3-9H,1-2H3,(H,19,24). The molecule has 2 aromatic heterocycles. The third kappa shape index (κ3) is 2.81. The van der Waals surface area contributed by atoms with Crippen molar-refractivity contribution in [2.75, 3.05) is 10.2 Å². The van der Waals surface area contributed by atoms with Crippen LogP contribution < -0.4 is 10.2 Å². The predicted molar refractivity (Wildman–Crippen MR) is 87.2 cm³/mol. The van der Waals surface area contributed by atoms with Crippen molar-refractivity contribution < 1.29 is 14.0 Å². The lowest BCUT2D eigenvalue weighted by atomic mass is 10.2. The summed E-state index contributed by atoms with van der Waals surface area (Å²) < 4.78 is 14.6. The summed E-state index contributed by atoms with van der Waals surface area (Å²) in [6.45, 7) is 1.84. The zero-order valence-corrected chi connectivity index (χ0v) is 13.0. The van der Waals surface area contributed by atoms with E-state index in [9.17, 15) is 14.0 Å². The molecule has 0 bridgehead atoms. The number of benzene rings is 1. The maximum absolute atomic E-state index is 13.0. The summed E-state index contributed by atoms with van der Waals surface area (Å²) in [4.78, 5) is 28.6. The van der Waals surface area contributed by atoms with E-state index in [1.54, 1.807) is 17.8 Å². The molecule has 3 aromatic rings. The van der Waals surface area contributed by atoms with Crippen molar-refractivity contribution in [3.05, 3.63) is 48.0 Å². The van der Waals surface area contributed by atoms with Crippen molar-refractivity contribution >= 4 is 34.8 Å². The van der Waals surface area contributed by atoms with Gasteiger partial charge in [0.15, 0.2) is 5.65 Å². The number of fused-ring (bicyclic) bond motifs is 1. The van der Waals surface area contributed by atoms with Gasteiger partial charge in [-0.3, -0.25) is 9.48 Å². The van der Waals surface area contributed by atoms with Crippen LogP contribution in [0.4, 0.5) is 20.6 Å². The summed E-state index contributed by atoms with van der Waals surface area (Å²) in [5.74, 6) is -0.452. The Bertz CT molecular complexity index is 920. The fraction of sp³-hybridized carbons (Fsp3) is 0.125. The minimum atomic E-state index is -0.667. The number of nitrogens with zero attached hydrogens (tertiary/aromatic N) is 4. The normalized spacial score (nSPS) is 10.6. The molecule has 0 saturated heterocycles. The van der Waals surface area contributed by atoms with E-state index >= 15 is 0 Å². The SMILES string of the molecule is Cc1nn(C)c2ncc(NC(=O)N(C=O)c3ccc(F)cc3)cc12. The number of urea groups is 1. The van der Waals surface area contributed by atoms with Crippen molar-refractivity contribution in [3.63, 3.8) is 0 Å². The Kier molecular flexibility index (Phi) is 3.95. The number of nitrogens with one attached hydrogen (secondary N) is 1. The van der Waals surface area contributed by atoms with Crippen LogP contribution in [-0.2, 0) is 11.8 Å². The van der Waals surface area contributed by atoms with Crippen molar-refractivity contribution in [2.45, 2.75) is 6.92 Å². The number of hydrogen-bond donors (Lipinski definition) is 1. The Hall–Kier alpha value is -3.29. The summed E-state index contributed by atoms with van der Waals surface area (Å²) in [7, 11) is 1.78. The van der Waals surface area contributed by atoms with Gasteiger partial charge in [-0.25, -0.2) is 19.1 Å². The van der Waals surface area contributed by atoms with Gasteiger partial charge in [0.1, 0.15) is 5.82 Å². The van der Waals surface area contributed by atoms with Crippen molar-refractivity contribution in [3.8, 4) is 0 Å². The van der Waals surface area contributed by atoms with Crippen molar-refractivity contribution in [1.29, 1.82) is 0 Å². The molecule has 7 nitrogen and oxygen atoms in total. The maximum atomic E-state index is 13.0. The van der Waals surface area contributed by atoms with Crippen LogP contribution in [0.1, 0.15) is 5.69 Å². The summed E-state index contributed by atoms with van der Waals surface area (Å²) in [6, 6.07) is 6.10. The molecule has 1 aromatic carbocycles. The molecule has 0 aliphatic heterocycles. The van der Waals surface area contributed by atoms with E-state index in [-0.39, 0.29) is 5.69 Å². The topological polar surface area (TPSA) is 80.1 Å². The molecule has 0 spiro atoms. The molecule has 0 saturated carbocycles. The molecular formula is C16H14FN5O2. The number of pyridine rings is 1. The van der Waals surface area contributed by atoms with Crippen LogP contribution in [0.25, 0.3) is 11.0 Å². The largest absolute Gasteiger partial charge is 0.333 e. The average Bonchev–Trinajstić information content (AvgIpc) is 2.84. The number of rotatable bonds is 3. The lowest BCUT2D eigenvalue weighted by Gasteiger charge is -2.16. The molecule has 1 N–H and O–H groups in total. The Morgan fingerprint density at radius 3 is 2.71 bits per heavy atom. The summed E-state index contributed by atoms with van der Waals surface area (Å²) >= 11 is 0. The Labute approximate surface area is 136 Å². The highest BCUT2D eigenvalue weighted by Gasteiger charge is 2.16. The summed E-state index contributed by atoms with van der Waals surface area (Å²) in [5.41, 5.74) is 2.16. The molecule has 24 heavy (non-hydrogen) atoms. The number of imide groups is 1. The van der Waals surface area contributed by atoms with E-state index in [0.717, 1.165) is 16.0 Å². The Morgan fingerprint density at radius 1 is 1.33 bits per heavy atom. The van der Waals surface area contributed by atoms with E-state index in [4.69, 9.17) is 0 Å². The average molecular weight is 327 g/mol. The second-order valence-corrected chi connectivity index (χ2v) is 5.19. The zero-order chi connectivity index (χ0) is 17.3. The minimum Gasteiger partial charge on any atom is -0.306 e. The van der Waals surface area contributed by atoms with Crippen LogP contribution in [0.5, 0.6) is 0 Å². The molecule has 8 heteroatoms. The molecule has 0 aliphatic rings. The van der Waals surface area contributed by atoms with Gasteiger partial charge in [-0.05, 0) is 37.3 Å². The molecule has 0 aliphatic carbocycles. The zero-order valence-electron chi connectivity index (χ0n) is 13.0. The number of carbonyl (C=O) groups is 2. The first-order chi connectivity index (χ1) is 11.5. The van der Waals surface area contributed by atoms with Gasteiger partial charge in [0, 0.05) is 12.4 Å². The Balaban J connectivity index is 1.86. The van der Waals surface area contributed by atoms with E-state index in [1.165, 1.54) is 30.5 Å². The van der Waals surface area contributed by atoms with Gasteiger partial charge in [-0.15, -0.1) is 0 Å². The number of anilines is 2. The van der Waals surface area contributed by atoms with Gasteiger partial charge in [-0.1, -0.05) is 0 Å². The van der Waals surface area contributed by atoms with Crippen molar-refractivity contribution in [2.24, 2.45) is 7.05 Å². The fourth-order valence-corrected chi connectivity index (χ4v) is 2.39. The molecule has 0 atom stereocenters. The van der Waals surface area contributed by atoms with E-state index in [2.05, 4.69) is 15.4 Å². The molecule has 0 fully saturated rings. The molecule has 122 valence electrons. The first-order valence-corrected chi connectivity index (χ1v) is 7.10. The Morgan fingerprint density at radius 2 is 2.04 bits per heavy atom. The molecule has 3 rings (SSSR count). The van der Waals surface area contributed by atoms with Gasteiger partial charge in [0.05, 0.1) is 23.3 Å². The second-order valence-electron chi connectivity index (χ2n) is 5.19. The van der Waals surface area contributed by atoms with E-state index in [0.29, 0.717) is 17.7 Å². The highest BCUT2D eigenvalue weighted by Crippen LogP contribution is 2.20. The summed E-state index contributed by atoms with van der Waals surface area (Å²) in [6.07, 6.45) is 1.85. The summed E-state index contributed by atoms with van der Waals surface area (Å²) in [5, 5.41) is 7.65. The minimum absolute atomic E-state index is 0.260. The van der Waals surface area contributed by atoms with Crippen LogP contribution >= 0.6 is 0 Å². The van der Waals surface area contributed by atoms with Crippen LogP contribution in [0.2, 0.25) is 0 Å². The van der Waals surface area contributed by atoms with Gasteiger partial charge in [-0.2, -0.15) is 5.10 Å². The van der Waals surface area contributed by atoms with E-state index < -0.39 is 11.8 Å². The van der Waals surface area contributed by atoms with Crippen LogP contribution in [0.3, 0.4) is 0 Å². The monoisotopic (exact) mass is 327 g/mol. The number of aromatic nitrogens is 3. The molecule has 0 unspecified atom stereocenters. The highest BCUT2D eigenvalue weighted by atomic mass is 19.1. The third-order valence-electron chi connectivity index (χ3n) is 3.54. The molecule has 2 heterocycles. The van der Waals surface area contributed by atoms with Crippen molar-refractivity contribution in [1.82, 2.24) is 14.8 Å². The second kappa shape index (κ2) is 6.07. The number of hydrogen-bond acceptors (Lipinski definition) is 4. The van der Waals surface area contributed by atoms with Gasteiger partial charge < -0.3 is 5.32 Å². The number of aryl methyl sites for hydroxylation is 2. The fourth-order valence-electron chi connectivity index (χ4n) is 2.39. The van der Waals surface area contributed by atoms with Crippen LogP contribution in [0.15, 0.2) is 36.5 Å². The molecule has 3 amide bonds. The van der Waals surface area contributed by atoms with Crippen LogP contribution in [-0.4, -0.2) is 27.2 Å². The lowest BCUT2D eigenvalue weighted by molar-refractivity contribution is -0.106. The maximum Gasteiger partial charge on any atom is 0.333 e. The van der Waals surface area contributed by atoms with Gasteiger partial charge >= 0.3 is 6.03 Å². The van der Waals surface area contributed by atoms with Gasteiger partial charge in [0.2, 0.25) is 6.41 Å². The molecule has 0 radical (unpaired) electrons. The number of halogens is 1. The number of carbonyl (C=O) groups excluding carboxylic acids is 2. The van der Waals surface area contributed by atoms with Gasteiger partial charge in [0.25, 0.3) is 0 Å². The smallest absolute Gasteiger partial charge is 0.306 e. The third-order valence-corrected chi connectivity index (χ3v) is 3.54. The van der Waals surface area contributed by atoms with E-state index in [1.807, 2.05) is 6.92 Å². The number of amides is 3. The first kappa shape index (κ1) is 15.6. The lowest BCUT2D eigenvalue weighted by Crippen LogP contribution is -2.33. The molecular weight excluding hydrogens is 313 g/mol. The highest BCUT2D eigenvalue weighted by molar-refractivity contribution is 6.12. The quantitative estimate of drug-likeness (QED) is 0.750. The first-order valence-electron chi connectivity index (χ1n) is 7.10. The predicted octanol–water partition coefficient (Wildman–Crippen LogP) is 2.61. The van der Waals surface area contributed by atoms with Crippen LogP contribution in [0, 0.1) is 12.7 Å².